The Balaban J connectivity index is 1.73. The van der Waals surface area contributed by atoms with E-state index in [2.05, 4.69) is 28.4 Å². The van der Waals surface area contributed by atoms with Crippen molar-refractivity contribution in [1.82, 2.24) is 9.88 Å². The number of rotatable bonds is 8. The zero-order valence-corrected chi connectivity index (χ0v) is 19.1. The molecule has 2 N–H and O–H groups in total. The highest BCUT2D eigenvalue weighted by Crippen LogP contribution is 2.36. The van der Waals surface area contributed by atoms with Crippen LogP contribution < -0.4 is 5.32 Å². The number of carbonyl (C=O) groups excluding carboxylic acids is 1. The van der Waals surface area contributed by atoms with Gasteiger partial charge in [-0.3, -0.25) is 9.69 Å². The number of piperidine rings is 1. The number of hydrogen-bond donors (Lipinski definition) is 2. The van der Waals surface area contributed by atoms with E-state index in [1.807, 2.05) is 44.2 Å². The summed E-state index contributed by atoms with van der Waals surface area (Å²) in [6.07, 6.45) is 4.50. The van der Waals surface area contributed by atoms with E-state index in [1.54, 1.807) is 0 Å². The molecule has 0 saturated carbocycles. The summed E-state index contributed by atoms with van der Waals surface area (Å²) >= 11 is 0. The van der Waals surface area contributed by atoms with Gasteiger partial charge in [0, 0.05) is 23.2 Å². The van der Waals surface area contributed by atoms with E-state index in [1.165, 1.54) is 19.3 Å². The van der Waals surface area contributed by atoms with Crippen molar-refractivity contribution < 1.29 is 9.90 Å². The number of pyridine rings is 1. The van der Waals surface area contributed by atoms with Gasteiger partial charge in [0.25, 0.3) is 0 Å². The molecule has 168 valence electrons. The van der Waals surface area contributed by atoms with Crippen molar-refractivity contribution in [3.05, 3.63) is 54.2 Å². The van der Waals surface area contributed by atoms with Gasteiger partial charge in [-0.15, -0.1) is 0 Å². The van der Waals surface area contributed by atoms with Gasteiger partial charge < -0.3 is 10.4 Å². The Kier molecular flexibility index (Phi) is 7.05. The predicted octanol–water partition coefficient (Wildman–Crippen LogP) is 5.62. The Morgan fingerprint density at radius 2 is 1.81 bits per heavy atom. The molecule has 3 aromatic rings. The van der Waals surface area contributed by atoms with Crippen LogP contribution in [0.25, 0.3) is 21.9 Å². The second-order valence-electron chi connectivity index (χ2n) is 8.85. The van der Waals surface area contributed by atoms with E-state index in [0.29, 0.717) is 5.82 Å². The molecular formula is C27H33N3O2. The van der Waals surface area contributed by atoms with E-state index in [-0.39, 0.29) is 24.0 Å². The molecule has 1 aromatic heterocycles. The number of anilines is 1. The fourth-order valence-corrected chi connectivity index (χ4v) is 4.32. The monoisotopic (exact) mass is 431 g/mol. The Morgan fingerprint density at radius 3 is 2.53 bits per heavy atom. The standard InChI is InChI=1S/C27H33N3O2/c1-3-19(2)25(31)17-28-27-26(32)22-13-12-21(20-10-6-4-7-11-20)16-23(22)24(29-27)18-30-14-8-5-9-15-30/h4,6-7,10-13,16,19,32H,3,5,8-9,14-15,17-18H2,1-2H3,(H,28,29). The molecule has 0 amide bonds. The lowest BCUT2D eigenvalue weighted by Gasteiger charge is -2.27. The van der Waals surface area contributed by atoms with Gasteiger partial charge in [0.2, 0.25) is 0 Å². The van der Waals surface area contributed by atoms with Gasteiger partial charge in [-0.1, -0.05) is 56.7 Å². The molecular weight excluding hydrogens is 398 g/mol. The molecule has 0 bridgehead atoms. The van der Waals surface area contributed by atoms with Gasteiger partial charge in [0.05, 0.1) is 12.2 Å². The second-order valence-corrected chi connectivity index (χ2v) is 8.85. The Labute approximate surface area is 190 Å². The van der Waals surface area contributed by atoms with E-state index < -0.39 is 0 Å². The third-order valence-corrected chi connectivity index (χ3v) is 6.58. The fraction of sp³-hybridized carbons (Fsp3) is 0.407. The topological polar surface area (TPSA) is 65.5 Å². The third-order valence-electron chi connectivity index (χ3n) is 6.58. The highest BCUT2D eigenvalue weighted by Gasteiger charge is 2.19. The molecule has 0 spiro atoms. The highest BCUT2D eigenvalue weighted by atomic mass is 16.3. The summed E-state index contributed by atoms with van der Waals surface area (Å²) in [4.78, 5) is 19.6. The summed E-state index contributed by atoms with van der Waals surface area (Å²) < 4.78 is 0. The summed E-state index contributed by atoms with van der Waals surface area (Å²) in [7, 11) is 0. The predicted molar refractivity (Wildman–Crippen MR) is 131 cm³/mol. The molecule has 2 aromatic carbocycles. The van der Waals surface area contributed by atoms with Gasteiger partial charge >= 0.3 is 0 Å². The van der Waals surface area contributed by atoms with Crippen LogP contribution in [0.2, 0.25) is 0 Å². The maximum atomic E-state index is 12.3. The summed E-state index contributed by atoms with van der Waals surface area (Å²) in [5.41, 5.74) is 3.18. The summed E-state index contributed by atoms with van der Waals surface area (Å²) in [6, 6.07) is 16.4. The number of aromatic nitrogens is 1. The van der Waals surface area contributed by atoms with Crippen LogP contribution in [0, 0.1) is 5.92 Å². The maximum Gasteiger partial charge on any atom is 0.169 e. The first kappa shape index (κ1) is 22.3. The number of carbonyl (C=O) groups is 1. The number of ketones is 1. The zero-order chi connectivity index (χ0) is 22.5. The lowest BCUT2D eigenvalue weighted by molar-refractivity contribution is -0.120. The van der Waals surface area contributed by atoms with Crippen LogP contribution in [0.5, 0.6) is 5.75 Å². The maximum absolute atomic E-state index is 12.3. The van der Waals surface area contributed by atoms with Crippen LogP contribution in [0.15, 0.2) is 48.5 Å². The zero-order valence-electron chi connectivity index (χ0n) is 19.1. The van der Waals surface area contributed by atoms with Crippen LogP contribution in [-0.4, -0.2) is 40.4 Å². The molecule has 2 heterocycles. The Hall–Kier alpha value is -2.92. The minimum atomic E-state index is -0.00801. The minimum Gasteiger partial charge on any atom is -0.504 e. The van der Waals surface area contributed by atoms with Crippen LogP contribution in [-0.2, 0) is 11.3 Å². The lowest BCUT2D eigenvalue weighted by Crippen LogP contribution is -2.29. The van der Waals surface area contributed by atoms with E-state index >= 15 is 0 Å². The molecule has 1 unspecified atom stereocenters. The van der Waals surface area contributed by atoms with Crippen molar-refractivity contribution in [3.63, 3.8) is 0 Å². The molecule has 5 heteroatoms. The van der Waals surface area contributed by atoms with E-state index in [4.69, 9.17) is 4.98 Å². The average Bonchev–Trinajstić information content (AvgIpc) is 2.85. The first-order valence-corrected chi connectivity index (χ1v) is 11.8. The normalized spacial score (nSPS) is 15.6. The number of Topliss-reactive ketones (excluding diaryl/α,β-unsaturated/α-hetero) is 1. The van der Waals surface area contributed by atoms with Crippen molar-refractivity contribution >= 4 is 22.4 Å². The molecule has 0 aliphatic carbocycles. The minimum absolute atomic E-state index is 0.00801. The first-order chi connectivity index (χ1) is 15.6. The summed E-state index contributed by atoms with van der Waals surface area (Å²) in [5, 5.41) is 15.8. The first-order valence-electron chi connectivity index (χ1n) is 11.8. The number of hydrogen-bond acceptors (Lipinski definition) is 5. The molecule has 1 atom stereocenters. The fourth-order valence-electron chi connectivity index (χ4n) is 4.32. The molecule has 1 fully saturated rings. The molecule has 0 radical (unpaired) electrons. The molecule has 32 heavy (non-hydrogen) atoms. The van der Waals surface area contributed by atoms with Crippen LogP contribution >= 0.6 is 0 Å². The molecule has 1 aliphatic rings. The Morgan fingerprint density at radius 1 is 1.06 bits per heavy atom. The van der Waals surface area contributed by atoms with Crippen molar-refractivity contribution in [2.75, 3.05) is 25.0 Å². The van der Waals surface area contributed by atoms with Gasteiger partial charge in [-0.2, -0.15) is 0 Å². The molecule has 4 rings (SSSR count). The number of aromatic hydroxyl groups is 1. The van der Waals surface area contributed by atoms with E-state index in [9.17, 15) is 9.90 Å². The van der Waals surface area contributed by atoms with Crippen LogP contribution in [0.1, 0.15) is 45.2 Å². The summed E-state index contributed by atoms with van der Waals surface area (Å²) in [5.74, 6) is 0.629. The van der Waals surface area contributed by atoms with Crippen molar-refractivity contribution in [2.45, 2.75) is 46.1 Å². The SMILES string of the molecule is CCC(C)C(=O)CNc1nc(CN2CCCCC2)c2cc(-c3ccccc3)ccc2c1O. The Bertz CT molecular complexity index is 1080. The van der Waals surface area contributed by atoms with Crippen molar-refractivity contribution in [1.29, 1.82) is 0 Å². The molecule has 5 nitrogen and oxygen atoms in total. The molecule has 1 saturated heterocycles. The smallest absolute Gasteiger partial charge is 0.169 e. The lowest BCUT2D eigenvalue weighted by atomic mass is 9.99. The number of nitrogens with zero attached hydrogens (tertiary/aromatic N) is 2. The van der Waals surface area contributed by atoms with E-state index in [0.717, 1.165) is 53.6 Å². The number of fused-ring (bicyclic) bond motifs is 1. The molecule has 1 aliphatic heterocycles. The van der Waals surface area contributed by atoms with Gasteiger partial charge in [0.15, 0.2) is 17.4 Å². The largest absolute Gasteiger partial charge is 0.504 e. The average molecular weight is 432 g/mol. The van der Waals surface area contributed by atoms with Crippen LogP contribution in [0.4, 0.5) is 5.82 Å². The highest BCUT2D eigenvalue weighted by molar-refractivity contribution is 5.96. The second kappa shape index (κ2) is 10.1. The third kappa shape index (κ3) is 4.94. The number of benzene rings is 2. The summed E-state index contributed by atoms with van der Waals surface area (Å²) in [6.45, 7) is 6.99. The van der Waals surface area contributed by atoms with Gasteiger partial charge in [0.1, 0.15) is 0 Å². The van der Waals surface area contributed by atoms with Crippen LogP contribution in [0.3, 0.4) is 0 Å². The number of likely N-dealkylation sites (tertiary alicyclic amines) is 1. The van der Waals surface area contributed by atoms with Crippen molar-refractivity contribution in [3.8, 4) is 16.9 Å². The van der Waals surface area contributed by atoms with Gasteiger partial charge in [-0.05, 0) is 55.6 Å². The van der Waals surface area contributed by atoms with Gasteiger partial charge in [-0.25, -0.2) is 4.98 Å². The quantitative estimate of drug-likeness (QED) is 0.485. The number of nitrogens with one attached hydrogen (secondary N) is 1. The van der Waals surface area contributed by atoms with Crippen molar-refractivity contribution in [2.24, 2.45) is 5.92 Å².